The molecule has 9 nitrogen and oxygen atoms in total. The molecule has 6 rings (SSSR count). The first kappa shape index (κ1) is 33.0. The lowest BCUT2D eigenvalue weighted by molar-refractivity contribution is 0.313. The van der Waals surface area contributed by atoms with E-state index in [1.807, 2.05) is 20.8 Å². The van der Waals surface area contributed by atoms with Crippen LogP contribution >= 0.6 is 0 Å². The standard InChI is InChI=1S/C33H37N3O6S3/c1-26-4-14-31(15-5-26)43(37,38)34-20-22-35(44(39,40)32-16-6-27(2)7-17-32)24-29-10-12-30(13-11-29)25-36(23-21-34)45(41,42)33-18-8-28(3)9-19-33/h4-19H,20-25H2,1-3H3. The second-order valence-electron chi connectivity index (χ2n) is 11.3. The van der Waals surface area contributed by atoms with Crippen molar-refractivity contribution in [2.24, 2.45) is 0 Å². The average molecular weight is 668 g/mol. The van der Waals surface area contributed by atoms with E-state index < -0.39 is 30.1 Å². The Labute approximate surface area is 266 Å². The highest BCUT2D eigenvalue weighted by molar-refractivity contribution is 7.89. The third kappa shape index (κ3) is 7.37. The average Bonchev–Trinajstić information content (AvgIpc) is 3.03. The van der Waals surface area contributed by atoms with Gasteiger partial charge in [0.1, 0.15) is 0 Å². The fourth-order valence-corrected chi connectivity index (χ4v) is 9.36. The van der Waals surface area contributed by atoms with Crippen LogP contribution in [0.2, 0.25) is 0 Å². The summed E-state index contributed by atoms with van der Waals surface area (Å²) in [6.07, 6.45) is 0. The Morgan fingerprint density at radius 2 is 0.622 bits per heavy atom. The minimum atomic E-state index is -4.12. The number of benzene rings is 4. The molecule has 0 aromatic heterocycles. The van der Waals surface area contributed by atoms with E-state index in [0.29, 0.717) is 11.1 Å². The molecule has 0 aliphatic carbocycles. The number of aryl methyl sites for hydroxylation is 3. The van der Waals surface area contributed by atoms with Gasteiger partial charge in [0.25, 0.3) is 0 Å². The van der Waals surface area contributed by atoms with E-state index in [9.17, 15) is 25.3 Å². The van der Waals surface area contributed by atoms with Crippen LogP contribution in [0.4, 0.5) is 0 Å². The highest BCUT2D eigenvalue weighted by Gasteiger charge is 2.32. The van der Waals surface area contributed by atoms with Gasteiger partial charge >= 0.3 is 0 Å². The summed E-state index contributed by atoms with van der Waals surface area (Å²) in [5.41, 5.74) is 4.09. The van der Waals surface area contributed by atoms with Gasteiger partial charge in [-0.1, -0.05) is 77.4 Å². The van der Waals surface area contributed by atoms with Crippen LogP contribution in [-0.4, -0.2) is 64.3 Å². The molecular weight excluding hydrogens is 631 g/mol. The van der Waals surface area contributed by atoms with Gasteiger partial charge in [-0.25, -0.2) is 25.3 Å². The van der Waals surface area contributed by atoms with E-state index in [4.69, 9.17) is 0 Å². The van der Waals surface area contributed by atoms with Crippen molar-refractivity contribution in [2.45, 2.75) is 48.5 Å². The van der Waals surface area contributed by atoms with Crippen molar-refractivity contribution in [3.8, 4) is 0 Å². The first-order valence-electron chi connectivity index (χ1n) is 14.6. The molecule has 4 aromatic rings. The van der Waals surface area contributed by atoms with Gasteiger partial charge in [0.2, 0.25) is 30.1 Å². The molecule has 0 radical (unpaired) electrons. The Balaban J connectivity index is 1.56. The number of hydrogen-bond acceptors (Lipinski definition) is 6. The Bertz CT molecular complexity index is 1850. The summed E-state index contributed by atoms with van der Waals surface area (Å²) in [6.45, 7) is 4.96. The maximum atomic E-state index is 14.0. The molecule has 0 amide bonds. The molecule has 238 valence electrons. The van der Waals surface area contributed by atoms with Gasteiger partial charge in [-0.15, -0.1) is 0 Å². The molecule has 2 aliphatic rings. The molecule has 0 saturated carbocycles. The zero-order chi connectivity index (χ0) is 32.4. The second-order valence-corrected chi connectivity index (χ2v) is 17.2. The molecule has 45 heavy (non-hydrogen) atoms. The molecule has 0 spiro atoms. The monoisotopic (exact) mass is 667 g/mol. The summed E-state index contributed by atoms with van der Waals surface area (Å²) >= 11 is 0. The quantitative estimate of drug-likeness (QED) is 0.276. The summed E-state index contributed by atoms with van der Waals surface area (Å²) in [6, 6.07) is 26.6. The molecule has 2 aliphatic heterocycles. The van der Waals surface area contributed by atoms with Crippen LogP contribution in [0.5, 0.6) is 0 Å². The normalized spacial score (nSPS) is 16.5. The number of nitrogens with zero attached hydrogens (tertiary/aromatic N) is 3. The van der Waals surface area contributed by atoms with Crippen molar-refractivity contribution >= 4 is 30.1 Å². The van der Waals surface area contributed by atoms with Crippen molar-refractivity contribution in [2.75, 3.05) is 26.2 Å². The minimum Gasteiger partial charge on any atom is -0.207 e. The SMILES string of the molecule is Cc1ccc(S(=O)(=O)N2CCN(S(=O)(=O)c3ccc(C)cc3)Cc3ccc(cc3)CN(S(=O)(=O)c3ccc(C)cc3)CC2)cc1. The number of sulfonamides is 3. The fourth-order valence-electron chi connectivity index (χ4n) is 5.10. The van der Waals surface area contributed by atoms with E-state index in [0.717, 1.165) is 16.7 Å². The summed E-state index contributed by atoms with van der Waals surface area (Å²) in [4.78, 5) is 0.264. The highest BCUT2D eigenvalue weighted by atomic mass is 32.2. The van der Waals surface area contributed by atoms with Gasteiger partial charge < -0.3 is 0 Å². The first-order chi connectivity index (χ1) is 21.3. The molecule has 0 fully saturated rings. The van der Waals surface area contributed by atoms with Crippen LogP contribution in [0.3, 0.4) is 0 Å². The lowest BCUT2D eigenvalue weighted by Crippen LogP contribution is -2.44. The second kappa shape index (κ2) is 13.1. The zero-order valence-corrected chi connectivity index (χ0v) is 27.9. The van der Waals surface area contributed by atoms with Crippen LogP contribution in [0, 0.1) is 20.8 Å². The van der Waals surface area contributed by atoms with Crippen LogP contribution < -0.4 is 0 Å². The largest absolute Gasteiger partial charge is 0.243 e. The maximum absolute atomic E-state index is 14.0. The molecule has 0 N–H and O–H groups in total. The molecule has 0 unspecified atom stereocenters. The predicted octanol–water partition coefficient (Wildman–Crippen LogP) is 4.70. The van der Waals surface area contributed by atoms with Crippen molar-refractivity contribution in [3.05, 3.63) is 125 Å². The van der Waals surface area contributed by atoms with Gasteiger partial charge in [-0.3, -0.25) is 0 Å². The van der Waals surface area contributed by atoms with Crippen molar-refractivity contribution in [1.29, 1.82) is 0 Å². The van der Waals surface area contributed by atoms with E-state index in [1.165, 1.54) is 25.0 Å². The van der Waals surface area contributed by atoms with Gasteiger partial charge in [-0.05, 0) is 68.3 Å². The molecular formula is C33H37N3O6S3. The van der Waals surface area contributed by atoms with E-state index in [-0.39, 0.29) is 54.0 Å². The first-order valence-corrected chi connectivity index (χ1v) is 18.9. The summed E-state index contributed by atoms with van der Waals surface area (Å²) in [7, 11) is -12.1. The molecule has 0 saturated heterocycles. The van der Waals surface area contributed by atoms with Crippen LogP contribution in [0.15, 0.2) is 112 Å². The lowest BCUT2D eigenvalue weighted by Gasteiger charge is -2.29. The minimum absolute atomic E-state index is 0.0142. The predicted molar refractivity (Wildman–Crippen MR) is 174 cm³/mol. The maximum Gasteiger partial charge on any atom is 0.243 e. The summed E-state index contributed by atoms with van der Waals surface area (Å²) in [5.74, 6) is 0. The number of fused-ring (bicyclic) bond motifs is 10. The van der Waals surface area contributed by atoms with Crippen molar-refractivity contribution in [3.63, 3.8) is 0 Å². The number of rotatable bonds is 6. The van der Waals surface area contributed by atoms with Gasteiger partial charge in [0.05, 0.1) is 14.7 Å². The van der Waals surface area contributed by atoms with E-state index in [1.54, 1.807) is 84.9 Å². The summed E-state index contributed by atoms with van der Waals surface area (Å²) in [5, 5.41) is 0. The Kier molecular flexibility index (Phi) is 9.64. The molecule has 2 bridgehead atoms. The van der Waals surface area contributed by atoms with Gasteiger partial charge in [0.15, 0.2) is 0 Å². The van der Waals surface area contributed by atoms with Crippen molar-refractivity contribution < 1.29 is 25.3 Å². The van der Waals surface area contributed by atoms with Crippen LogP contribution in [0.1, 0.15) is 27.8 Å². The summed E-state index contributed by atoms with van der Waals surface area (Å²) < 4.78 is 87.3. The zero-order valence-electron chi connectivity index (χ0n) is 25.5. The Morgan fingerprint density at radius 1 is 0.378 bits per heavy atom. The molecule has 12 heteroatoms. The molecule has 4 aromatic carbocycles. The van der Waals surface area contributed by atoms with E-state index >= 15 is 0 Å². The molecule has 0 atom stereocenters. The number of hydrogen-bond donors (Lipinski definition) is 0. The smallest absolute Gasteiger partial charge is 0.207 e. The fraction of sp³-hybridized carbons (Fsp3) is 0.273. The Hall–Kier alpha value is -3.39. The van der Waals surface area contributed by atoms with Gasteiger partial charge in [0, 0.05) is 39.3 Å². The Morgan fingerprint density at radius 3 is 0.911 bits per heavy atom. The molecule has 2 heterocycles. The highest BCUT2D eigenvalue weighted by Crippen LogP contribution is 2.25. The van der Waals surface area contributed by atoms with Crippen molar-refractivity contribution in [1.82, 2.24) is 12.9 Å². The lowest BCUT2D eigenvalue weighted by atomic mass is 10.1. The van der Waals surface area contributed by atoms with Crippen LogP contribution in [0.25, 0.3) is 0 Å². The topological polar surface area (TPSA) is 112 Å². The third-order valence-corrected chi connectivity index (χ3v) is 13.5. The van der Waals surface area contributed by atoms with Gasteiger partial charge in [-0.2, -0.15) is 12.9 Å². The third-order valence-electron chi connectivity index (χ3n) is 7.91. The van der Waals surface area contributed by atoms with Crippen LogP contribution in [-0.2, 0) is 43.2 Å². The van der Waals surface area contributed by atoms with E-state index in [2.05, 4.69) is 0 Å².